The number of hydrogen-bond donors (Lipinski definition) is 0. The summed E-state index contributed by atoms with van der Waals surface area (Å²) in [5.74, 6) is 0. The van der Waals surface area contributed by atoms with Crippen LogP contribution in [0.5, 0.6) is 0 Å². The van der Waals surface area contributed by atoms with E-state index in [-0.39, 0.29) is 0 Å². The zero-order chi connectivity index (χ0) is 10.7. The predicted molar refractivity (Wildman–Crippen MR) is 65.1 cm³/mol. The summed E-state index contributed by atoms with van der Waals surface area (Å²) in [5, 5.41) is 1.30. The maximum Gasteiger partial charge on any atom is 0.0704 e. The molecule has 0 atom stereocenters. The van der Waals surface area contributed by atoms with Gasteiger partial charge in [0.15, 0.2) is 0 Å². The van der Waals surface area contributed by atoms with Gasteiger partial charge >= 0.3 is 0 Å². The first-order chi connectivity index (χ1) is 7.31. The number of fused-ring (bicyclic) bond motifs is 1. The Morgan fingerprint density at radius 3 is 2.87 bits per heavy atom. The van der Waals surface area contributed by atoms with Gasteiger partial charge in [-0.25, -0.2) is 0 Å². The number of rotatable bonds is 3. The molecule has 0 N–H and O–H groups in total. The van der Waals surface area contributed by atoms with E-state index in [4.69, 9.17) is 0 Å². The lowest BCUT2D eigenvalue weighted by Crippen LogP contribution is -1.87. The Morgan fingerprint density at radius 1 is 1.20 bits per heavy atom. The molecule has 1 heterocycles. The van der Waals surface area contributed by atoms with Crippen molar-refractivity contribution in [2.75, 3.05) is 0 Å². The third kappa shape index (κ3) is 2.17. The van der Waals surface area contributed by atoms with Crippen molar-refractivity contribution in [3.05, 3.63) is 41.6 Å². The molecule has 0 amide bonds. The van der Waals surface area contributed by atoms with Crippen LogP contribution in [0.4, 0.5) is 0 Å². The van der Waals surface area contributed by atoms with Crippen LogP contribution in [0.15, 0.2) is 30.5 Å². The van der Waals surface area contributed by atoms with Gasteiger partial charge < -0.3 is 0 Å². The molecule has 0 saturated heterocycles. The van der Waals surface area contributed by atoms with Gasteiger partial charge in [-0.05, 0) is 49.1 Å². The first kappa shape index (κ1) is 10.2. The average Bonchev–Trinajstić information content (AvgIpc) is 2.27. The van der Waals surface area contributed by atoms with E-state index >= 15 is 0 Å². The maximum absolute atomic E-state index is 4.36. The summed E-state index contributed by atoms with van der Waals surface area (Å²) >= 11 is 0. The van der Waals surface area contributed by atoms with E-state index in [1.165, 1.54) is 35.8 Å². The largest absolute Gasteiger partial charge is 0.256 e. The molecule has 0 fully saturated rings. The fourth-order valence-electron chi connectivity index (χ4n) is 1.87. The minimum absolute atomic E-state index is 1.11. The van der Waals surface area contributed by atoms with Crippen LogP contribution in [0.25, 0.3) is 10.9 Å². The first-order valence-electron chi connectivity index (χ1n) is 5.65. The molecule has 0 spiro atoms. The maximum atomic E-state index is 4.36. The number of aryl methyl sites for hydroxylation is 2. The highest BCUT2D eigenvalue weighted by molar-refractivity contribution is 5.82. The molecule has 0 aliphatic heterocycles. The highest BCUT2D eigenvalue weighted by atomic mass is 14.6. The summed E-state index contributed by atoms with van der Waals surface area (Å²) in [6.45, 7) is 4.38. The second kappa shape index (κ2) is 4.43. The monoisotopic (exact) mass is 199 g/mol. The Kier molecular flexibility index (Phi) is 3.00. The van der Waals surface area contributed by atoms with Gasteiger partial charge in [-0.15, -0.1) is 0 Å². The van der Waals surface area contributed by atoms with Crippen LogP contribution in [0, 0.1) is 6.92 Å². The van der Waals surface area contributed by atoms with Crippen LogP contribution >= 0.6 is 0 Å². The molecule has 78 valence electrons. The van der Waals surface area contributed by atoms with Gasteiger partial charge in [0.25, 0.3) is 0 Å². The Morgan fingerprint density at radius 2 is 2.07 bits per heavy atom. The highest BCUT2D eigenvalue weighted by Gasteiger charge is 1.99. The van der Waals surface area contributed by atoms with E-state index in [0.717, 1.165) is 5.52 Å². The number of pyridine rings is 1. The van der Waals surface area contributed by atoms with Crippen molar-refractivity contribution in [3.8, 4) is 0 Å². The van der Waals surface area contributed by atoms with Gasteiger partial charge in [0.2, 0.25) is 0 Å². The fraction of sp³-hybridized carbons (Fsp3) is 0.357. The Bertz CT molecular complexity index is 460. The van der Waals surface area contributed by atoms with Crippen molar-refractivity contribution in [1.82, 2.24) is 4.98 Å². The zero-order valence-corrected chi connectivity index (χ0v) is 9.46. The zero-order valence-electron chi connectivity index (χ0n) is 9.46. The van der Waals surface area contributed by atoms with Gasteiger partial charge in [0, 0.05) is 11.6 Å². The number of benzene rings is 1. The van der Waals surface area contributed by atoms with Crippen molar-refractivity contribution in [2.45, 2.75) is 33.1 Å². The van der Waals surface area contributed by atoms with Gasteiger partial charge in [-0.3, -0.25) is 4.98 Å². The standard InChI is InChI=1S/C14H17N/c1-3-4-5-12-6-7-14-13(10-12)11(2)8-9-15-14/h6-10H,3-5H2,1-2H3. The van der Waals surface area contributed by atoms with Crippen molar-refractivity contribution in [2.24, 2.45) is 0 Å². The Hall–Kier alpha value is -1.37. The van der Waals surface area contributed by atoms with Crippen molar-refractivity contribution in [3.63, 3.8) is 0 Å². The molecule has 0 aliphatic carbocycles. The van der Waals surface area contributed by atoms with Crippen molar-refractivity contribution in [1.29, 1.82) is 0 Å². The summed E-state index contributed by atoms with van der Waals surface area (Å²) in [6.07, 6.45) is 5.58. The van der Waals surface area contributed by atoms with Gasteiger partial charge in [-0.1, -0.05) is 19.4 Å². The summed E-state index contributed by atoms with van der Waals surface area (Å²) in [4.78, 5) is 4.36. The van der Waals surface area contributed by atoms with Crippen LogP contribution < -0.4 is 0 Å². The summed E-state index contributed by atoms with van der Waals surface area (Å²) < 4.78 is 0. The van der Waals surface area contributed by atoms with Crippen LogP contribution in [0.1, 0.15) is 30.9 Å². The molecule has 0 saturated carbocycles. The molecule has 1 aromatic heterocycles. The minimum Gasteiger partial charge on any atom is -0.256 e. The lowest BCUT2D eigenvalue weighted by molar-refractivity contribution is 0.796. The van der Waals surface area contributed by atoms with Gasteiger partial charge in [-0.2, -0.15) is 0 Å². The van der Waals surface area contributed by atoms with Gasteiger partial charge in [0.1, 0.15) is 0 Å². The molecule has 1 aromatic carbocycles. The molecule has 2 aromatic rings. The predicted octanol–water partition coefficient (Wildman–Crippen LogP) is 3.89. The third-order valence-corrected chi connectivity index (χ3v) is 2.84. The Labute approximate surface area is 91.2 Å². The number of nitrogens with zero attached hydrogens (tertiary/aromatic N) is 1. The average molecular weight is 199 g/mol. The van der Waals surface area contributed by atoms with E-state index in [1.54, 1.807) is 0 Å². The van der Waals surface area contributed by atoms with E-state index in [2.05, 4.69) is 43.1 Å². The van der Waals surface area contributed by atoms with Crippen LogP contribution in [0.2, 0.25) is 0 Å². The molecular weight excluding hydrogens is 182 g/mol. The molecule has 0 bridgehead atoms. The number of aromatic nitrogens is 1. The lowest BCUT2D eigenvalue weighted by atomic mass is 10.0. The van der Waals surface area contributed by atoms with Crippen molar-refractivity contribution < 1.29 is 0 Å². The summed E-state index contributed by atoms with van der Waals surface area (Å²) in [7, 11) is 0. The fourth-order valence-corrected chi connectivity index (χ4v) is 1.87. The van der Waals surface area contributed by atoms with Crippen LogP contribution in [-0.4, -0.2) is 4.98 Å². The molecule has 2 rings (SSSR count). The normalized spacial score (nSPS) is 10.8. The molecule has 15 heavy (non-hydrogen) atoms. The molecule has 0 unspecified atom stereocenters. The molecule has 1 heteroatoms. The molecule has 1 nitrogen and oxygen atoms in total. The lowest BCUT2D eigenvalue weighted by Gasteiger charge is -2.04. The third-order valence-electron chi connectivity index (χ3n) is 2.84. The SMILES string of the molecule is CCCCc1ccc2nccc(C)c2c1. The van der Waals surface area contributed by atoms with Gasteiger partial charge in [0.05, 0.1) is 5.52 Å². The summed E-state index contributed by atoms with van der Waals surface area (Å²) in [6, 6.07) is 8.69. The van der Waals surface area contributed by atoms with E-state index < -0.39 is 0 Å². The second-order valence-electron chi connectivity index (χ2n) is 4.08. The number of unbranched alkanes of at least 4 members (excludes halogenated alkanes) is 1. The highest BCUT2D eigenvalue weighted by Crippen LogP contribution is 2.18. The summed E-state index contributed by atoms with van der Waals surface area (Å²) in [5.41, 5.74) is 3.86. The van der Waals surface area contributed by atoms with E-state index in [1.807, 2.05) is 6.20 Å². The van der Waals surface area contributed by atoms with E-state index in [0.29, 0.717) is 0 Å². The van der Waals surface area contributed by atoms with Crippen LogP contribution in [0.3, 0.4) is 0 Å². The second-order valence-corrected chi connectivity index (χ2v) is 4.08. The molecular formula is C14H17N. The molecule has 0 aliphatic rings. The van der Waals surface area contributed by atoms with Crippen molar-refractivity contribution >= 4 is 10.9 Å². The quantitative estimate of drug-likeness (QED) is 0.731. The smallest absolute Gasteiger partial charge is 0.0704 e. The number of hydrogen-bond acceptors (Lipinski definition) is 1. The minimum atomic E-state index is 1.11. The first-order valence-corrected chi connectivity index (χ1v) is 5.65. The molecule has 0 radical (unpaired) electrons. The van der Waals surface area contributed by atoms with Crippen LogP contribution in [-0.2, 0) is 6.42 Å². The van der Waals surface area contributed by atoms with E-state index in [9.17, 15) is 0 Å². The Balaban J connectivity index is 2.41. The topological polar surface area (TPSA) is 12.9 Å².